The number of hydrogen-bond acceptors (Lipinski definition) is 4. The molecular formula is C8H6N4S2. The lowest BCUT2D eigenvalue weighted by atomic mass is 10.3. The largest absolute Gasteiger partial charge is 0.204 e. The van der Waals surface area contributed by atoms with Gasteiger partial charge in [0.25, 0.3) is 0 Å². The van der Waals surface area contributed by atoms with E-state index in [0.29, 0.717) is 10.0 Å². The van der Waals surface area contributed by atoms with Gasteiger partial charge in [-0.1, -0.05) is 30.4 Å². The molecule has 2 aromatic rings. The normalized spacial score (nSPS) is 10.1. The Labute approximate surface area is 91.4 Å². The van der Waals surface area contributed by atoms with Gasteiger partial charge in [-0.15, -0.1) is 17.7 Å². The fourth-order valence-corrected chi connectivity index (χ4v) is 1.33. The predicted octanol–water partition coefficient (Wildman–Crippen LogP) is 1.27. The zero-order valence-electron chi connectivity index (χ0n) is 7.03. The molecule has 0 amide bonds. The molecule has 6 heteroatoms. The van der Waals surface area contributed by atoms with Crippen molar-refractivity contribution in [3.63, 3.8) is 0 Å². The second-order valence-electron chi connectivity index (χ2n) is 2.55. The van der Waals surface area contributed by atoms with Gasteiger partial charge in [-0.05, 0) is 22.6 Å². The third kappa shape index (κ3) is 1.66. The summed E-state index contributed by atoms with van der Waals surface area (Å²) in [6.07, 6.45) is 0. The Morgan fingerprint density at radius 3 is 2.64 bits per heavy atom. The maximum atomic E-state index is 4.90. The van der Waals surface area contributed by atoms with Crippen molar-refractivity contribution in [3.05, 3.63) is 36.2 Å². The molecule has 0 aliphatic carbocycles. The van der Waals surface area contributed by atoms with Crippen LogP contribution >= 0.6 is 24.8 Å². The minimum atomic E-state index is 0.374. The first kappa shape index (κ1) is 9.29. The van der Waals surface area contributed by atoms with Gasteiger partial charge in [-0.3, -0.25) is 0 Å². The van der Waals surface area contributed by atoms with E-state index < -0.39 is 0 Å². The number of thiol groups is 1. The lowest BCUT2D eigenvalue weighted by Crippen LogP contribution is -2.04. The van der Waals surface area contributed by atoms with Crippen LogP contribution in [0.3, 0.4) is 0 Å². The Morgan fingerprint density at radius 1 is 1.29 bits per heavy atom. The van der Waals surface area contributed by atoms with Gasteiger partial charge in [0.2, 0.25) is 5.82 Å². The average Bonchev–Trinajstić information content (AvgIpc) is 2.67. The highest BCUT2D eigenvalue weighted by molar-refractivity contribution is 8.11. The Hall–Kier alpha value is -1.27. The van der Waals surface area contributed by atoms with E-state index in [9.17, 15) is 0 Å². The summed E-state index contributed by atoms with van der Waals surface area (Å²) in [5, 5.41) is 11.1. The molecule has 0 unspecified atom stereocenters. The molecule has 1 aromatic heterocycles. The fraction of sp³-hybridized carbons (Fsp3) is 0. The fourth-order valence-electron chi connectivity index (χ4n) is 1.06. The van der Waals surface area contributed by atoms with Crippen molar-refractivity contribution in [2.45, 2.75) is 0 Å². The lowest BCUT2D eigenvalue weighted by molar-refractivity contribution is 0.788. The summed E-state index contributed by atoms with van der Waals surface area (Å²) in [5.41, 5.74) is 0.865. The summed E-state index contributed by atoms with van der Waals surface area (Å²) in [4.78, 5) is 0. The number of hydrogen-bond donors (Lipinski definition) is 1. The highest BCUT2D eigenvalue weighted by Crippen LogP contribution is 2.08. The number of benzene rings is 1. The van der Waals surface area contributed by atoms with Crippen LogP contribution in [0.4, 0.5) is 0 Å². The summed E-state index contributed by atoms with van der Waals surface area (Å²) >= 11 is 8.95. The van der Waals surface area contributed by atoms with Gasteiger partial charge < -0.3 is 0 Å². The number of thiocarbonyl (C=S) groups is 1. The van der Waals surface area contributed by atoms with Gasteiger partial charge in [0.1, 0.15) is 4.20 Å². The zero-order valence-corrected chi connectivity index (χ0v) is 8.74. The van der Waals surface area contributed by atoms with Crippen molar-refractivity contribution in [2.75, 3.05) is 0 Å². The molecule has 0 radical (unpaired) electrons. The van der Waals surface area contributed by atoms with E-state index in [2.05, 4.69) is 28.2 Å². The quantitative estimate of drug-likeness (QED) is 0.614. The topological polar surface area (TPSA) is 43.6 Å². The number of rotatable bonds is 2. The van der Waals surface area contributed by atoms with E-state index in [1.807, 2.05) is 30.3 Å². The van der Waals surface area contributed by atoms with Gasteiger partial charge in [0, 0.05) is 0 Å². The monoisotopic (exact) mass is 222 g/mol. The van der Waals surface area contributed by atoms with Crippen molar-refractivity contribution in [1.29, 1.82) is 0 Å². The highest BCUT2D eigenvalue weighted by Gasteiger charge is 2.09. The molecule has 1 aromatic carbocycles. The second kappa shape index (κ2) is 3.85. The van der Waals surface area contributed by atoms with Crippen molar-refractivity contribution >= 4 is 29.0 Å². The van der Waals surface area contributed by atoms with E-state index in [1.54, 1.807) is 4.68 Å². The van der Waals surface area contributed by atoms with Crippen molar-refractivity contribution in [3.8, 4) is 5.69 Å². The highest BCUT2D eigenvalue weighted by atomic mass is 32.1. The molecule has 0 aliphatic heterocycles. The molecule has 70 valence electrons. The maximum absolute atomic E-state index is 4.90. The van der Waals surface area contributed by atoms with Crippen molar-refractivity contribution < 1.29 is 0 Å². The average molecular weight is 222 g/mol. The van der Waals surface area contributed by atoms with E-state index in [1.165, 1.54) is 0 Å². The molecule has 1 heterocycles. The summed E-state index contributed by atoms with van der Waals surface area (Å²) < 4.78 is 1.92. The van der Waals surface area contributed by atoms with Crippen LogP contribution in [0.5, 0.6) is 0 Å². The minimum Gasteiger partial charge on any atom is -0.191 e. The molecule has 2 rings (SSSR count). The first-order chi connectivity index (χ1) is 6.79. The molecule has 0 saturated heterocycles. The third-order valence-corrected chi connectivity index (χ3v) is 2.04. The molecular weight excluding hydrogens is 216 g/mol. The molecule has 0 saturated carbocycles. The first-order valence-corrected chi connectivity index (χ1v) is 4.71. The van der Waals surface area contributed by atoms with Crippen LogP contribution in [-0.2, 0) is 0 Å². The van der Waals surface area contributed by atoms with Crippen molar-refractivity contribution in [1.82, 2.24) is 20.2 Å². The third-order valence-electron chi connectivity index (χ3n) is 1.66. The van der Waals surface area contributed by atoms with Crippen LogP contribution in [0, 0.1) is 0 Å². The number of para-hydroxylation sites is 1. The van der Waals surface area contributed by atoms with Gasteiger partial charge in [-0.2, -0.15) is 4.68 Å². The van der Waals surface area contributed by atoms with Crippen LogP contribution in [-0.4, -0.2) is 24.4 Å². The van der Waals surface area contributed by atoms with E-state index in [0.717, 1.165) is 5.69 Å². The van der Waals surface area contributed by atoms with Gasteiger partial charge in [-0.25, -0.2) is 0 Å². The maximum Gasteiger partial charge on any atom is 0.204 e. The molecule has 14 heavy (non-hydrogen) atoms. The summed E-state index contributed by atoms with van der Waals surface area (Å²) in [6.45, 7) is 0. The lowest BCUT2D eigenvalue weighted by Gasteiger charge is -2.01. The van der Waals surface area contributed by atoms with Gasteiger partial charge in [0.15, 0.2) is 0 Å². The molecule has 0 N–H and O–H groups in total. The standard InChI is InChI=1S/C8H6N4S2/c13-8(14)7-9-10-11-12(7)6-4-2-1-3-5-6/h1-5H,(H,13,14). The van der Waals surface area contributed by atoms with Gasteiger partial charge >= 0.3 is 0 Å². The first-order valence-electron chi connectivity index (χ1n) is 3.86. The van der Waals surface area contributed by atoms with E-state index in [4.69, 9.17) is 12.2 Å². The Kier molecular flexibility index (Phi) is 2.55. The van der Waals surface area contributed by atoms with Crippen LogP contribution in [0.2, 0.25) is 0 Å². The molecule has 0 aliphatic rings. The molecule has 4 nitrogen and oxygen atoms in total. The van der Waals surface area contributed by atoms with Crippen LogP contribution in [0.15, 0.2) is 30.3 Å². The Bertz CT molecular complexity index is 451. The predicted molar refractivity (Wildman–Crippen MR) is 59.8 cm³/mol. The van der Waals surface area contributed by atoms with Crippen LogP contribution in [0.25, 0.3) is 5.69 Å². The second-order valence-corrected chi connectivity index (χ2v) is 3.71. The summed E-state index contributed by atoms with van der Waals surface area (Å²) in [5.74, 6) is 0.481. The van der Waals surface area contributed by atoms with E-state index >= 15 is 0 Å². The molecule has 0 atom stereocenters. The molecule has 0 fully saturated rings. The Balaban J connectivity index is 2.52. The van der Waals surface area contributed by atoms with Crippen LogP contribution in [0.1, 0.15) is 5.82 Å². The number of tetrazole rings is 1. The van der Waals surface area contributed by atoms with Crippen LogP contribution < -0.4 is 0 Å². The number of aromatic nitrogens is 4. The Morgan fingerprint density at radius 2 is 2.00 bits per heavy atom. The SMILES string of the molecule is S=C(S)c1nnnn1-c1ccccc1. The summed E-state index contributed by atoms with van der Waals surface area (Å²) in [7, 11) is 0. The smallest absolute Gasteiger partial charge is 0.191 e. The van der Waals surface area contributed by atoms with E-state index in [-0.39, 0.29) is 0 Å². The van der Waals surface area contributed by atoms with Gasteiger partial charge in [0.05, 0.1) is 5.69 Å². The minimum absolute atomic E-state index is 0.374. The number of nitrogens with zero attached hydrogens (tertiary/aromatic N) is 4. The van der Waals surface area contributed by atoms with Crippen molar-refractivity contribution in [2.24, 2.45) is 0 Å². The summed E-state index contributed by atoms with van der Waals surface area (Å²) in [6, 6.07) is 9.52. The molecule has 0 spiro atoms. The zero-order chi connectivity index (χ0) is 9.97. The molecule has 0 bridgehead atoms.